The summed E-state index contributed by atoms with van der Waals surface area (Å²) in [6.45, 7) is 1.78. The van der Waals surface area contributed by atoms with Gasteiger partial charge in [-0.2, -0.15) is 0 Å². The molecule has 0 aliphatic heterocycles. The molecule has 0 bridgehead atoms. The molecule has 0 saturated heterocycles. The molecule has 0 aliphatic rings. The molecule has 0 atom stereocenters. The zero-order chi connectivity index (χ0) is 10.6. The maximum atomic E-state index is 9.50. The molecule has 1 aromatic rings. The molecule has 0 amide bonds. The van der Waals surface area contributed by atoms with Crippen LogP contribution in [-0.4, -0.2) is 15.3 Å². The van der Waals surface area contributed by atoms with E-state index in [-0.39, 0.29) is 19.0 Å². The summed E-state index contributed by atoms with van der Waals surface area (Å²) in [5, 5.41) is 27.5. The van der Waals surface area contributed by atoms with Crippen molar-refractivity contribution in [3.63, 3.8) is 0 Å². The Morgan fingerprint density at radius 1 is 1.00 bits per heavy atom. The Balaban J connectivity index is 3.10. The molecule has 0 unspecified atom stereocenters. The molecular formula is C11H16O3. The zero-order valence-electron chi connectivity index (χ0n) is 8.32. The second kappa shape index (κ2) is 4.98. The highest BCUT2D eigenvalue weighted by atomic mass is 16.3. The molecular weight excluding hydrogens is 180 g/mol. The van der Waals surface area contributed by atoms with Gasteiger partial charge in [0.1, 0.15) is 5.75 Å². The number of hydrogen-bond acceptors (Lipinski definition) is 3. The SMILES string of the molecule is CCCc1cc(O)c(CO)cc1CO. The van der Waals surface area contributed by atoms with E-state index in [2.05, 4.69) is 0 Å². The van der Waals surface area contributed by atoms with Gasteiger partial charge in [0.2, 0.25) is 0 Å². The monoisotopic (exact) mass is 196 g/mol. The van der Waals surface area contributed by atoms with Crippen LogP contribution in [0.5, 0.6) is 5.75 Å². The maximum absolute atomic E-state index is 9.50. The summed E-state index contributed by atoms with van der Waals surface area (Å²) in [5.41, 5.74) is 2.20. The second-order valence-electron chi connectivity index (χ2n) is 3.32. The average molecular weight is 196 g/mol. The van der Waals surface area contributed by atoms with Crippen LogP contribution in [0.1, 0.15) is 30.0 Å². The van der Waals surface area contributed by atoms with E-state index >= 15 is 0 Å². The fourth-order valence-electron chi connectivity index (χ4n) is 1.50. The minimum Gasteiger partial charge on any atom is -0.508 e. The van der Waals surface area contributed by atoms with Gasteiger partial charge in [0.25, 0.3) is 0 Å². The van der Waals surface area contributed by atoms with Crippen LogP contribution in [0.15, 0.2) is 12.1 Å². The quantitative estimate of drug-likeness (QED) is 0.680. The fourth-order valence-corrected chi connectivity index (χ4v) is 1.50. The number of hydrogen-bond donors (Lipinski definition) is 3. The van der Waals surface area contributed by atoms with Gasteiger partial charge < -0.3 is 15.3 Å². The van der Waals surface area contributed by atoms with Crippen LogP contribution in [0, 0.1) is 0 Å². The summed E-state index contributed by atoms with van der Waals surface area (Å²) in [6, 6.07) is 3.28. The fraction of sp³-hybridized carbons (Fsp3) is 0.455. The molecule has 1 aromatic carbocycles. The number of aromatic hydroxyl groups is 1. The maximum Gasteiger partial charge on any atom is 0.121 e. The van der Waals surface area contributed by atoms with Crippen molar-refractivity contribution in [3.8, 4) is 5.75 Å². The van der Waals surface area contributed by atoms with Crippen molar-refractivity contribution in [1.29, 1.82) is 0 Å². The molecule has 0 heterocycles. The van der Waals surface area contributed by atoms with Gasteiger partial charge in [0.05, 0.1) is 13.2 Å². The van der Waals surface area contributed by atoms with Crippen molar-refractivity contribution in [2.45, 2.75) is 33.0 Å². The Kier molecular flexibility index (Phi) is 3.92. The zero-order valence-corrected chi connectivity index (χ0v) is 8.32. The van der Waals surface area contributed by atoms with Gasteiger partial charge in [0, 0.05) is 5.56 Å². The van der Waals surface area contributed by atoms with Gasteiger partial charge in [-0.25, -0.2) is 0 Å². The van der Waals surface area contributed by atoms with Gasteiger partial charge >= 0.3 is 0 Å². The third-order valence-corrected chi connectivity index (χ3v) is 2.26. The first-order valence-corrected chi connectivity index (χ1v) is 4.78. The molecule has 78 valence electrons. The highest BCUT2D eigenvalue weighted by molar-refractivity contribution is 5.41. The molecule has 0 radical (unpaired) electrons. The highest BCUT2D eigenvalue weighted by Crippen LogP contribution is 2.23. The predicted octanol–water partition coefficient (Wildman–Crippen LogP) is 1.33. The minimum atomic E-state index is -0.203. The average Bonchev–Trinajstić information content (AvgIpc) is 2.19. The normalized spacial score (nSPS) is 10.5. The second-order valence-corrected chi connectivity index (χ2v) is 3.32. The largest absolute Gasteiger partial charge is 0.508 e. The van der Waals surface area contributed by atoms with Crippen LogP contribution in [0.2, 0.25) is 0 Å². The number of phenols is 1. The van der Waals surface area contributed by atoms with E-state index in [1.54, 1.807) is 12.1 Å². The van der Waals surface area contributed by atoms with E-state index in [0.29, 0.717) is 5.56 Å². The lowest BCUT2D eigenvalue weighted by Gasteiger charge is -2.10. The molecule has 3 heteroatoms. The summed E-state index contributed by atoms with van der Waals surface area (Å²) in [6.07, 6.45) is 1.79. The van der Waals surface area contributed by atoms with Crippen molar-refractivity contribution in [3.05, 3.63) is 28.8 Å². The topological polar surface area (TPSA) is 60.7 Å². The van der Waals surface area contributed by atoms with Crippen LogP contribution in [-0.2, 0) is 19.6 Å². The summed E-state index contributed by atoms with van der Waals surface area (Å²) in [7, 11) is 0. The van der Waals surface area contributed by atoms with E-state index in [4.69, 9.17) is 10.2 Å². The van der Waals surface area contributed by atoms with Crippen molar-refractivity contribution in [1.82, 2.24) is 0 Å². The molecule has 0 aromatic heterocycles. The lowest BCUT2D eigenvalue weighted by atomic mass is 10.00. The lowest BCUT2D eigenvalue weighted by Crippen LogP contribution is -1.97. The van der Waals surface area contributed by atoms with Gasteiger partial charge in [0.15, 0.2) is 0 Å². The molecule has 0 saturated carbocycles. The first-order chi connectivity index (χ1) is 6.72. The Labute approximate surface area is 83.6 Å². The molecule has 0 spiro atoms. The van der Waals surface area contributed by atoms with E-state index in [1.807, 2.05) is 6.92 Å². The standard InChI is InChI=1S/C11H16O3/c1-2-3-8-5-11(14)10(7-13)4-9(8)6-12/h4-5,12-14H,2-3,6-7H2,1H3. The number of aliphatic hydroxyl groups is 2. The van der Waals surface area contributed by atoms with Crippen molar-refractivity contribution in [2.75, 3.05) is 0 Å². The number of benzene rings is 1. The van der Waals surface area contributed by atoms with E-state index in [0.717, 1.165) is 24.0 Å². The summed E-state index contributed by atoms with van der Waals surface area (Å²) in [5.74, 6) is 0.105. The third kappa shape index (κ3) is 2.25. The Bertz CT molecular complexity index is 308. The Morgan fingerprint density at radius 2 is 1.64 bits per heavy atom. The molecule has 0 aliphatic carbocycles. The first-order valence-electron chi connectivity index (χ1n) is 4.78. The molecule has 14 heavy (non-hydrogen) atoms. The van der Waals surface area contributed by atoms with Crippen LogP contribution in [0.4, 0.5) is 0 Å². The van der Waals surface area contributed by atoms with Crippen LogP contribution in [0.3, 0.4) is 0 Å². The van der Waals surface area contributed by atoms with Crippen molar-refractivity contribution in [2.24, 2.45) is 0 Å². The number of aryl methyl sites for hydroxylation is 1. The van der Waals surface area contributed by atoms with Crippen LogP contribution in [0.25, 0.3) is 0 Å². The van der Waals surface area contributed by atoms with E-state index in [1.165, 1.54) is 0 Å². The lowest BCUT2D eigenvalue weighted by molar-refractivity contribution is 0.270. The predicted molar refractivity (Wildman–Crippen MR) is 53.9 cm³/mol. The Morgan fingerprint density at radius 3 is 2.14 bits per heavy atom. The van der Waals surface area contributed by atoms with Gasteiger partial charge in [-0.3, -0.25) is 0 Å². The molecule has 1 rings (SSSR count). The van der Waals surface area contributed by atoms with Gasteiger partial charge in [-0.15, -0.1) is 0 Å². The van der Waals surface area contributed by atoms with E-state index < -0.39 is 0 Å². The summed E-state index contributed by atoms with van der Waals surface area (Å²) >= 11 is 0. The number of rotatable bonds is 4. The Hall–Kier alpha value is -1.06. The molecule has 0 fully saturated rings. The van der Waals surface area contributed by atoms with Crippen LogP contribution < -0.4 is 0 Å². The van der Waals surface area contributed by atoms with Crippen molar-refractivity contribution < 1.29 is 15.3 Å². The summed E-state index contributed by atoms with van der Waals surface area (Å²) in [4.78, 5) is 0. The third-order valence-electron chi connectivity index (χ3n) is 2.26. The van der Waals surface area contributed by atoms with Crippen molar-refractivity contribution >= 4 is 0 Å². The minimum absolute atomic E-state index is 0.0530. The van der Waals surface area contributed by atoms with Gasteiger partial charge in [-0.1, -0.05) is 13.3 Å². The molecule has 3 nitrogen and oxygen atoms in total. The first kappa shape index (κ1) is 11.0. The number of aliphatic hydroxyl groups excluding tert-OH is 2. The van der Waals surface area contributed by atoms with E-state index in [9.17, 15) is 5.11 Å². The highest BCUT2D eigenvalue weighted by Gasteiger charge is 2.07. The summed E-state index contributed by atoms with van der Waals surface area (Å²) < 4.78 is 0. The smallest absolute Gasteiger partial charge is 0.121 e. The van der Waals surface area contributed by atoms with Crippen LogP contribution >= 0.6 is 0 Å². The molecule has 3 N–H and O–H groups in total. The van der Waals surface area contributed by atoms with Gasteiger partial charge in [-0.05, 0) is 29.7 Å².